The van der Waals surface area contributed by atoms with E-state index in [9.17, 15) is 14.4 Å². The van der Waals surface area contributed by atoms with Gasteiger partial charge in [-0.25, -0.2) is 4.79 Å². The standard InChI is InChI=1S/C15H19BrClN3O4/c1-8(2)7-24-15(23)20-12(6-13(18)21)14(22)19-9-3-4-11(17)10(16)5-9/h3-5,8,12H,6-7H2,1-2H3,(H2,18,21)(H,19,22)(H,20,23)/t12-/m1/s1. The highest BCUT2D eigenvalue weighted by Gasteiger charge is 2.24. The Morgan fingerprint density at radius 2 is 2.00 bits per heavy atom. The minimum Gasteiger partial charge on any atom is -0.449 e. The summed E-state index contributed by atoms with van der Waals surface area (Å²) in [5, 5.41) is 5.40. The van der Waals surface area contributed by atoms with Crippen molar-refractivity contribution in [2.45, 2.75) is 26.3 Å². The number of hydrogen-bond donors (Lipinski definition) is 3. The number of hydrogen-bond acceptors (Lipinski definition) is 4. The van der Waals surface area contributed by atoms with Crippen LogP contribution in [0.3, 0.4) is 0 Å². The molecule has 0 aliphatic heterocycles. The molecule has 0 bridgehead atoms. The summed E-state index contributed by atoms with van der Waals surface area (Å²) < 4.78 is 5.54. The fraction of sp³-hybridized carbons (Fsp3) is 0.400. The predicted octanol–water partition coefficient (Wildman–Crippen LogP) is 2.67. The van der Waals surface area contributed by atoms with Gasteiger partial charge in [0.2, 0.25) is 11.8 Å². The molecule has 0 aliphatic rings. The van der Waals surface area contributed by atoms with Crippen molar-refractivity contribution in [3.63, 3.8) is 0 Å². The first kappa shape index (κ1) is 20.2. The highest BCUT2D eigenvalue weighted by molar-refractivity contribution is 9.10. The summed E-state index contributed by atoms with van der Waals surface area (Å²) in [5.41, 5.74) is 5.58. The molecule has 132 valence electrons. The molecule has 0 radical (unpaired) electrons. The minimum atomic E-state index is -1.14. The molecule has 0 aliphatic carbocycles. The van der Waals surface area contributed by atoms with Crippen LogP contribution in [0.5, 0.6) is 0 Å². The molecule has 1 atom stereocenters. The van der Waals surface area contributed by atoms with Crippen LogP contribution >= 0.6 is 27.5 Å². The van der Waals surface area contributed by atoms with Gasteiger partial charge in [0.05, 0.1) is 18.1 Å². The molecule has 0 saturated carbocycles. The molecule has 0 saturated heterocycles. The van der Waals surface area contributed by atoms with Gasteiger partial charge in [0.1, 0.15) is 6.04 Å². The summed E-state index contributed by atoms with van der Waals surface area (Å²) in [6.45, 7) is 3.94. The Bertz CT molecular complexity index is 625. The van der Waals surface area contributed by atoms with Crippen molar-refractivity contribution in [2.24, 2.45) is 11.7 Å². The fourth-order valence-electron chi connectivity index (χ4n) is 1.64. The molecule has 0 aromatic heterocycles. The molecule has 3 amide bonds. The van der Waals surface area contributed by atoms with Crippen LogP contribution in [-0.4, -0.2) is 30.6 Å². The number of carbonyl (C=O) groups excluding carboxylic acids is 3. The van der Waals surface area contributed by atoms with E-state index in [-0.39, 0.29) is 18.9 Å². The summed E-state index contributed by atoms with van der Waals surface area (Å²) in [4.78, 5) is 35.1. The van der Waals surface area contributed by atoms with Crippen molar-refractivity contribution in [2.75, 3.05) is 11.9 Å². The second-order valence-electron chi connectivity index (χ2n) is 5.48. The fourth-order valence-corrected chi connectivity index (χ4v) is 2.14. The Balaban J connectivity index is 2.75. The molecule has 9 heteroatoms. The molecule has 1 aromatic carbocycles. The van der Waals surface area contributed by atoms with Crippen molar-refractivity contribution in [1.82, 2.24) is 5.32 Å². The topological polar surface area (TPSA) is 111 Å². The minimum absolute atomic E-state index is 0.144. The number of rotatable bonds is 7. The van der Waals surface area contributed by atoms with E-state index in [0.29, 0.717) is 15.2 Å². The van der Waals surface area contributed by atoms with Crippen LogP contribution in [0.4, 0.5) is 10.5 Å². The Morgan fingerprint density at radius 3 is 2.54 bits per heavy atom. The second kappa shape index (κ2) is 9.48. The van der Waals surface area contributed by atoms with Gasteiger partial charge in [-0.15, -0.1) is 0 Å². The normalized spacial score (nSPS) is 11.7. The van der Waals surface area contributed by atoms with Crippen LogP contribution in [0.15, 0.2) is 22.7 Å². The molecule has 7 nitrogen and oxygen atoms in total. The van der Waals surface area contributed by atoms with Crippen LogP contribution in [0.2, 0.25) is 5.02 Å². The monoisotopic (exact) mass is 419 g/mol. The number of carbonyl (C=O) groups is 3. The van der Waals surface area contributed by atoms with Crippen molar-refractivity contribution < 1.29 is 19.1 Å². The van der Waals surface area contributed by atoms with Gasteiger partial charge in [-0.3, -0.25) is 9.59 Å². The van der Waals surface area contributed by atoms with Gasteiger partial charge in [0.25, 0.3) is 0 Å². The van der Waals surface area contributed by atoms with Crippen molar-refractivity contribution >= 4 is 51.1 Å². The molecule has 1 aromatic rings. The van der Waals surface area contributed by atoms with Crippen LogP contribution in [-0.2, 0) is 14.3 Å². The largest absolute Gasteiger partial charge is 0.449 e. The van der Waals surface area contributed by atoms with Crippen molar-refractivity contribution in [1.29, 1.82) is 0 Å². The van der Waals surface area contributed by atoms with Gasteiger partial charge in [-0.2, -0.15) is 0 Å². The third-order valence-electron chi connectivity index (χ3n) is 2.75. The van der Waals surface area contributed by atoms with E-state index in [1.807, 2.05) is 13.8 Å². The summed E-state index contributed by atoms with van der Waals surface area (Å²) in [5.74, 6) is -1.17. The predicted molar refractivity (Wildman–Crippen MR) is 94.7 cm³/mol. The average molecular weight is 421 g/mol. The zero-order valence-electron chi connectivity index (χ0n) is 13.3. The van der Waals surface area contributed by atoms with Gasteiger partial charge >= 0.3 is 6.09 Å². The summed E-state index contributed by atoms with van der Waals surface area (Å²) in [7, 11) is 0. The van der Waals surface area contributed by atoms with Crippen LogP contribution < -0.4 is 16.4 Å². The molecule has 1 rings (SSSR count). The molecular formula is C15H19BrClN3O4. The highest BCUT2D eigenvalue weighted by Crippen LogP contribution is 2.25. The lowest BCUT2D eigenvalue weighted by Gasteiger charge is -2.17. The number of nitrogens with two attached hydrogens (primary N) is 1. The van der Waals surface area contributed by atoms with Gasteiger partial charge in [0, 0.05) is 10.2 Å². The van der Waals surface area contributed by atoms with Gasteiger partial charge in [0.15, 0.2) is 0 Å². The first-order valence-electron chi connectivity index (χ1n) is 7.16. The van der Waals surface area contributed by atoms with Gasteiger partial charge < -0.3 is 21.1 Å². The average Bonchev–Trinajstić information content (AvgIpc) is 2.47. The maximum absolute atomic E-state index is 12.3. The second-order valence-corrected chi connectivity index (χ2v) is 6.74. The lowest BCUT2D eigenvalue weighted by atomic mass is 10.2. The van der Waals surface area contributed by atoms with Gasteiger partial charge in [-0.1, -0.05) is 25.4 Å². The van der Waals surface area contributed by atoms with Crippen LogP contribution in [0.1, 0.15) is 20.3 Å². The summed E-state index contributed by atoms with van der Waals surface area (Å²) in [6.07, 6.45) is -1.14. The SMILES string of the molecule is CC(C)COC(=O)N[C@H](CC(N)=O)C(=O)Nc1ccc(Cl)c(Br)c1. The van der Waals surface area contributed by atoms with Gasteiger partial charge in [-0.05, 0) is 40.0 Å². The van der Waals surface area contributed by atoms with Crippen LogP contribution in [0.25, 0.3) is 0 Å². The Labute approximate surface area is 153 Å². The third-order valence-corrected chi connectivity index (χ3v) is 3.96. The van der Waals surface area contributed by atoms with Crippen molar-refractivity contribution in [3.8, 4) is 0 Å². The Kier molecular flexibility index (Phi) is 8.00. The third kappa shape index (κ3) is 7.18. The molecule has 0 fully saturated rings. The number of nitrogens with one attached hydrogen (secondary N) is 2. The number of benzene rings is 1. The first-order chi connectivity index (χ1) is 11.2. The van der Waals surface area contributed by atoms with E-state index in [1.54, 1.807) is 18.2 Å². The summed E-state index contributed by atoms with van der Waals surface area (Å²) >= 11 is 9.12. The number of amides is 3. The lowest BCUT2D eigenvalue weighted by Crippen LogP contribution is -2.46. The molecule has 0 unspecified atom stereocenters. The van der Waals surface area contributed by atoms with E-state index >= 15 is 0 Å². The number of anilines is 1. The summed E-state index contributed by atoms with van der Waals surface area (Å²) in [6, 6.07) is 3.63. The molecular weight excluding hydrogens is 402 g/mol. The first-order valence-corrected chi connectivity index (χ1v) is 8.33. The molecule has 0 spiro atoms. The van der Waals surface area contributed by atoms with Crippen LogP contribution in [0, 0.1) is 5.92 Å². The quantitative estimate of drug-likeness (QED) is 0.629. The highest BCUT2D eigenvalue weighted by atomic mass is 79.9. The molecule has 0 heterocycles. The molecule has 24 heavy (non-hydrogen) atoms. The number of halogens is 2. The van der Waals surface area contributed by atoms with Crippen molar-refractivity contribution in [3.05, 3.63) is 27.7 Å². The number of ether oxygens (including phenoxy) is 1. The maximum atomic E-state index is 12.3. The smallest absolute Gasteiger partial charge is 0.407 e. The van der Waals surface area contributed by atoms with E-state index < -0.39 is 23.9 Å². The van der Waals surface area contributed by atoms with E-state index in [1.165, 1.54) is 0 Å². The van der Waals surface area contributed by atoms with E-state index in [4.69, 9.17) is 22.1 Å². The van der Waals surface area contributed by atoms with E-state index in [0.717, 1.165) is 0 Å². The lowest BCUT2D eigenvalue weighted by molar-refractivity contribution is -0.123. The zero-order chi connectivity index (χ0) is 18.3. The Morgan fingerprint density at radius 1 is 1.33 bits per heavy atom. The van der Waals surface area contributed by atoms with E-state index in [2.05, 4.69) is 26.6 Å². The maximum Gasteiger partial charge on any atom is 0.407 e. The number of alkyl carbamates (subject to hydrolysis) is 1. The molecule has 4 N–H and O–H groups in total. The zero-order valence-corrected chi connectivity index (χ0v) is 15.6. The number of primary amides is 1. The Hall–Kier alpha value is -1.80.